The third kappa shape index (κ3) is 3.62. The van der Waals surface area contributed by atoms with Gasteiger partial charge in [-0.25, -0.2) is 4.79 Å². The molecule has 24 heavy (non-hydrogen) atoms. The van der Waals surface area contributed by atoms with E-state index in [0.29, 0.717) is 18.0 Å². The van der Waals surface area contributed by atoms with Gasteiger partial charge in [0.1, 0.15) is 0 Å². The zero-order chi connectivity index (χ0) is 16.9. The van der Waals surface area contributed by atoms with Crippen molar-refractivity contribution in [2.24, 2.45) is 0 Å². The lowest BCUT2D eigenvalue weighted by Gasteiger charge is -2.11. The molecule has 1 aliphatic rings. The van der Waals surface area contributed by atoms with E-state index in [1.165, 1.54) is 17.5 Å². The molecule has 0 heterocycles. The van der Waals surface area contributed by atoms with E-state index in [4.69, 9.17) is 9.47 Å². The van der Waals surface area contributed by atoms with E-state index in [9.17, 15) is 4.79 Å². The van der Waals surface area contributed by atoms with Crippen molar-refractivity contribution in [3.63, 3.8) is 0 Å². The summed E-state index contributed by atoms with van der Waals surface area (Å²) in [5, 5.41) is 5.74. The average Bonchev–Trinajstić information content (AvgIpc) is 3.07. The molecule has 3 rings (SSSR count). The summed E-state index contributed by atoms with van der Waals surface area (Å²) >= 11 is 0. The predicted molar refractivity (Wildman–Crippen MR) is 93.9 cm³/mol. The largest absolute Gasteiger partial charge is 0.493 e. The highest BCUT2D eigenvalue weighted by atomic mass is 16.5. The van der Waals surface area contributed by atoms with E-state index in [1.54, 1.807) is 14.2 Å². The maximum absolute atomic E-state index is 12.1. The number of anilines is 1. The summed E-state index contributed by atoms with van der Waals surface area (Å²) in [5.74, 6) is 1.32. The van der Waals surface area contributed by atoms with Crippen LogP contribution in [0.4, 0.5) is 10.5 Å². The highest BCUT2D eigenvalue weighted by Gasteiger charge is 2.12. The molecule has 0 fully saturated rings. The summed E-state index contributed by atoms with van der Waals surface area (Å²) in [4.78, 5) is 12.1. The maximum Gasteiger partial charge on any atom is 0.319 e. The van der Waals surface area contributed by atoms with Crippen LogP contribution in [0.15, 0.2) is 36.4 Å². The number of rotatable bonds is 5. The molecular weight excluding hydrogens is 304 g/mol. The molecule has 0 saturated heterocycles. The quantitative estimate of drug-likeness (QED) is 0.884. The van der Waals surface area contributed by atoms with E-state index in [2.05, 4.69) is 22.8 Å². The summed E-state index contributed by atoms with van der Waals surface area (Å²) < 4.78 is 10.5. The third-order valence-electron chi connectivity index (χ3n) is 4.26. The van der Waals surface area contributed by atoms with Crippen molar-refractivity contribution in [1.29, 1.82) is 0 Å². The first kappa shape index (κ1) is 16.2. The van der Waals surface area contributed by atoms with Gasteiger partial charge in [-0.2, -0.15) is 0 Å². The minimum atomic E-state index is -0.220. The van der Waals surface area contributed by atoms with E-state index >= 15 is 0 Å². The van der Waals surface area contributed by atoms with E-state index in [0.717, 1.165) is 24.1 Å². The van der Waals surface area contributed by atoms with Crippen LogP contribution in [0.25, 0.3) is 0 Å². The first-order valence-corrected chi connectivity index (χ1v) is 8.07. The van der Waals surface area contributed by atoms with Crippen LogP contribution in [-0.4, -0.2) is 20.3 Å². The number of urea groups is 1. The second-order valence-electron chi connectivity index (χ2n) is 5.83. The van der Waals surface area contributed by atoms with Crippen molar-refractivity contribution in [3.8, 4) is 11.5 Å². The molecule has 2 aromatic rings. The zero-order valence-electron chi connectivity index (χ0n) is 14.0. The number of nitrogens with one attached hydrogen (secondary N) is 2. The number of aryl methyl sites for hydroxylation is 2. The van der Waals surface area contributed by atoms with Gasteiger partial charge in [0, 0.05) is 12.2 Å². The molecule has 0 saturated carbocycles. The Bertz CT molecular complexity index is 743. The fourth-order valence-corrected chi connectivity index (χ4v) is 3.00. The zero-order valence-corrected chi connectivity index (χ0v) is 14.0. The Labute approximate surface area is 142 Å². The molecule has 1 aliphatic carbocycles. The monoisotopic (exact) mass is 326 g/mol. The Balaban J connectivity index is 1.57. The number of methoxy groups -OCH3 is 2. The Kier molecular flexibility index (Phi) is 4.89. The van der Waals surface area contributed by atoms with Gasteiger partial charge in [-0.3, -0.25) is 0 Å². The van der Waals surface area contributed by atoms with Crippen molar-refractivity contribution in [3.05, 3.63) is 53.1 Å². The number of hydrogen-bond donors (Lipinski definition) is 2. The van der Waals surface area contributed by atoms with Gasteiger partial charge in [0.15, 0.2) is 11.5 Å². The lowest BCUT2D eigenvalue weighted by Crippen LogP contribution is -2.28. The molecule has 5 heteroatoms. The number of carbonyl (C=O) groups is 1. The predicted octanol–water partition coefficient (Wildman–Crippen LogP) is 3.51. The number of benzene rings is 2. The topological polar surface area (TPSA) is 59.6 Å². The van der Waals surface area contributed by atoms with Gasteiger partial charge in [-0.15, -0.1) is 0 Å². The highest BCUT2D eigenvalue weighted by Crippen LogP contribution is 2.27. The fraction of sp³-hybridized carbons (Fsp3) is 0.316. The smallest absolute Gasteiger partial charge is 0.319 e. The first-order chi connectivity index (χ1) is 11.7. The van der Waals surface area contributed by atoms with Crippen molar-refractivity contribution >= 4 is 11.7 Å². The molecule has 0 unspecified atom stereocenters. The van der Waals surface area contributed by atoms with Crippen LogP contribution in [-0.2, 0) is 19.4 Å². The third-order valence-corrected chi connectivity index (χ3v) is 4.26. The standard InChI is InChI=1S/C19H22N2O3/c1-23-17-9-6-13(10-18(17)24-2)12-20-19(22)21-16-8-7-14-4-3-5-15(14)11-16/h6-11H,3-5,12H2,1-2H3,(H2,20,21,22). The van der Waals surface area contributed by atoms with E-state index < -0.39 is 0 Å². The van der Waals surface area contributed by atoms with Gasteiger partial charge in [0.2, 0.25) is 0 Å². The van der Waals surface area contributed by atoms with Gasteiger partial charge in [-0.05, 0) is 60.2 Å². The molecule has 2 aromatic carbocycles. The first-order valence-electron chi connectivity index (χ1n) is 8.07. The van der Waals surface area contributed by atoms with Crippen LogP contribution in [0.5, 0.6) is 11.5 Å². The Morgan fingerprint density at radius 1 is 1.00 bits per heavy atom. The average molecular weight is 326 g/mol. The van der Waals surface area contributed by atoms with Crippen LogP contribution < -0.4 is 20.1 Å². The summed E-state index contributed by atoms with van der Waals surface area (Å²) in [7, 11) is 3.19. The molecule has 2 N–H and O–H groups in total. The molecule has 5 nitrogen and oxygen atoms in total. The second-order valence-corrected chi connectivity index (χ2v) is 5.83. The molecule has 0 bridgehead atoms. The van der Waals surface area contributed by atoms with Crippen LogP contribution in [0.2, 0.25) is 0 Å². The van der Waals surface area contributed by atoms with Crippen LogP contribution in [0.1, 0.15) is 23.1 Å². The van der Waals surface area contributed by atoms with Gasteiger partial charge in [0.25, 0.3) is 0 Å². The molecule has 2 amide bonds. The van der Waals surface area contributed by atoms with Gasteiger partial charge < -0.3 is 20.1 Å². The Morgan fingerprint density at radius 3 is 2.58 bits per heavy atom. The summed E-state index contributed by atoms with van der Waals surface area (Å²) in [6.45, 7) is 0.414. The molecular formula is C19H22N2O3. The van der Waals surface area contributed by atoms with Gasteiger partial charge in [0.05, 0.1) is 14.2 Å². The molecule has 0 aromatic heterocycles. The molecule has 0 radical (unpaired) electrons. The van der Waals surface area contributed by atoms with Crippen molar-refractivity contribution < 1.29 is 14.3 Å². The lowest BCUT2D eigenvalue weighted by atomic mass is 10.1. The van der Waals surface area contributed by atoms with E-state index in [-0.39, 0.29) is 6.03 Å². The number of carbonyl (C=O) groups excluding carboxylic acids is 1. The van der Waals surface area contributed by atoms with Crippen molar-refractivity contribution in [1.82, 2.24) is 5.32 Å². The van der Waals surface area contributed by atoms with Crippen molar-refractivity contribution in [2.75, 3.05) is 19.5 Å². The molecule has 0 aliphatic heterocycles. The van der Waals surface area contributed by atoms with Crippen LogP contribution in [0.3, 0.4) is 0 Å². The second kappa shape index (κ2) is 7.25. The number of hydrogen-bond acceptors (Lipinski definition) is 3. The highest BCUT2D eigenvalue weighted by molar-refractivity contribution is 5.89. The van der Waals surface area contributed by atoms with Crippen molar-refractivity contribution in [2.45, 2.75) is 25.8 Å². The molecule has 0 spiro atoms. The molecule has 126 valence electrons. The number of ether oxygens (including phenoxy) is 2. The van der Waals surface area contributed by atoms with Gasteiger partial charge in [-0.1, -0.05) is 12.1 Å². The normalized spacial score (nSPS) is 12.4. The fourth-order valence-electron chi connectivity index (χ4n) is 3.00. The molecule has 0 atom stereocenters. The summed E-state index contributed by atoms with van der Waals surface area (Å²) in [6.07, 6.45) is 3.43. The number of fused-ring (bicyclic) bond motifs is 1. The van der Waals surface area contributed by atoms with E-state index in [1.807, 2.05) is 24.3 Å². The van der Waals surface area contributed by atoms with Gasteiger partial charge >= 0.3 is 6.03 Å². The minimum Gasteiger partial charge on any atom is -0.493 e. The SMILES string of the molecule is COc1ccc(CNC(=O)Nc2ccc3c(c2)CCC3)cc1OC. The number of amides is 2. The van der Waals surface area contributed by atoms with Crippen LogP contribution >= 0.6 is 0 Å². The summed E-state index contributed by atoms with van der Waals surface area (Å²) in [6, 6.07) is 11.5. The van der Waals surface area contributed by atoms with Crippen LogP contribution in [0, 0.1) is 0 Å². The Morgan fingerprint density at radius 2 is 1.79 bits per heavy atom. The maximum atomic E-state index is 12.1. The minimum absolute atomic E-state index is 0.220. The Hall–Kier alpha value is -2.69. The summed E-state index contributed by atoms with van der Waals surface area (Å²) in [5.41, 5.74) is 4.51. The lowest BCUT2D eigenvalue weighted by molar-refractivity contribution is 0.251.